The van der Waals surface area contributed by atoms with Crippen molar-refractivity contribution in [1.29, 1.82) is 0 Å². The number of rotatable bonds is 4. The molecule has 0 fully saturated rings. The monoisotopic (exact) mass is 383 g/mol. The Bertz CT molecular complexity index is 1130. The van der Waals surface area contributed by atoms with Gasteiger partial charge in [0.2, 0.25) is 6.17 Å². The summed E-state index contributed by atoms with van der Waals surface area (Å²) < 4.78 is 31.5. The molecular weight excluding hydrogens is 364 g/mol. The van der Waals surface area contributed by atoms with Gasteiger partial charge in [-0.2, -0.15) is 8.42 Å². The molecule has 2 aromatic carbocycles. The highest BCUT2D eigenvalue weighted by Gasteiger charge is 2.42. The number of fused-ring (bicyclic) bond motifs is 3. The first-order chi connectivity index (χ1) is 13.0. The molecule has 1 aromatic heterocycles. The summed E-state index contributed by atoms with van der Waals surface area (Å²) in [5.74, 6) is 0.302. The summed E-state index contributed by atoms with van der Waals surface area (Å²) in [6.45, 7) is 1.52. The number of hydrogen-bond donors (Lipinski definition) is 1. The van der Waals surface area contributed by atoms with E-state index in [1.54, 1.807) is 10.9 Å². The predicted octanol–water partition coefficient (Wildman–Crippen LogP) is 1.77. The third-order valence-corrected chi connectivity index (χ3v) is 5.48. The van der Waals surface area contributed by atoms with E-state index in [9.17, 15) is 8.42 Å². The van der Waals surface area contributed by atoms with Gasteiger partial charge in [-0.15, -0.1) is 4.68 Å². The SMILES string of the molecule is CCS(=O)(=O)ON1c2c3ccccc3cc[n+]2N=C(c2ccccc2)C1N. The van der Waals surface area contributed by atoms with Crippen LogP contribution < -0.4 is 15.5 Å². The van der Waals surface area contributed by atoms with Crippen molar-refractivity contribution >= 4 is 32.4 Å². The fraction of sp³-hybridized carbons (Fsp3) is 0.158. The maximum atomic E-state index is 12.2. The Balaban J connectivity index is 1.96. The van der Waals surface area contributed by atoms with Gasteiger partial charge in [0.25, 0.3) is 0 Å². The Morgan fingerprint density at radius 3 is 2.56 bits per heavy atom. The minimum atomic E-state index is -3.79. The van der Waals surface area contributed by atoms with Crippen LogP contribution in [0.15, 0.2) is 72.0 Å². The molecule has 0 aliphatic carbocycles. The lowest BCUT2D eigenvalue weighted by Gasteiger charge is -2.26. The van der Waals surface area contributed by atoms with Crippen molar-refractivity contribution < 1.29 is 17.4 Å². The largest absolute Gasteiger partial charge is 0.343 e. The lowest BCUT2D eigenvalue weighted by molar-refractivity contribution is -0.668. The molecule has 0 amide bonds. The summed E-state index contributed by atoms with van der Waals surface area (Å²) in [4.78, 5) is 0. The first-order valence-electron chi connectivity index (χ1n) is 8.55. The third-order valence-electron chi connectivity index (χ3n) is 4.39. The van der Waals surface area contributed by atoms with Gasteiger partial charge in [-0.1, -0.05) is 63.0 Å². The summed E-state index contributed by atoms with van der Waals surface area (Å²) in [5, 5.41) is 7.59. The summed E-state index contributed by atoms with van der Waals surface area (Å²) in [5.41, 5.74) is 7.71. The molecule has 138 valence electrons. The van der Waals surface area contributed by atoms with E-state index in [4.69, 9.17) is 10.0 Å². The Kier molecular flexibility index (Phi) is 4.39. The number of nitrogens with zero attached hydrogens (tertiary/aromatic N) is 3. The van der Waals surface area contributed by atoms with Gasteiger partial charge in [-0.3, -0.25) is 5.73 Å². The number of nitrogens with two attached hydrogens (primary N) is 1. The van der Waals surface area contributed by atoms with Crippen LogP contribution in [-0.4, -0.2) is 26.0 Å². The van der Waals surface area contributed by atoms with Crippen LogP contribution in [0.3, 0.4) is 0 Å². The minimum Gasteiger partial charge on any atom is -0.285 e. The molecule has 2 heterocycles. The lowest BCUT2D eigenvalue weighted by Crippen LogP contribution is -2.58. The number of pyridine rings is 1. The van der Waals surface area contributed by atoms with E-state index >= 15 is 0 Å². The van der Waals surface area contributed by atoms with Crippen molar-refractivity contribution in [3.8, 4) is 0 Å². The average Bonchev–Trinajstić information content (AvgIpc) is 2.70. The zero-order chi connectivity index (χ0) is 19.0. The number of hydroxylamine groups is 1. The molecule has 0 radical (unpaired) electrons. The van der Waals surface area contributed by atoms with E-state index in [-0.39, 0.29) is 5.75 Å². The van der Waals surface area contributed by atoms with Gasteiger partial charge in [-0.05, 0) is 24.4 Å². The van der Waals surface area contributed by atoms with Gasteiger partial charge in [0.05, 0.1) is 11.1 Å². The number of hydrogen-bond acceptors (Lipinski definition) is 6. The molecule has 8 heteroatoms. The van der Waals surface area contributed by atoms with Crippen molar-refractivity contribution in [2.75, 3.05) is 10.8 Å². The highest BCUT2D eigenvalue weighted by molar-refractivity contribution is 7.86. The number of anilines is 1. The summed E-state index contributed by atoms with van der Waals surface area (Å²) in [7, 11) is -3.79. The van der Waals surface area contributed by atoms with Crippen LogP contribution in [0.2, 0.25) is 0 Å². The van der Waals surface area contributed by atoms with Crippen molar-refractivity contribution in [2.45, 2.75) is 13.1 Å². The first kappa shape index (κ1) is 17.6. The van der Waals surface area contributed by atoms with E-state index in [0.29, 0.717) is 11.5 Å². The molecule has 1 aliphatic rings. The van der Waals surface area contributed by atoms with Gasteiger partial charge in [-0.25, -0.2) is 0 Å². The van der Waals surface area contributed by atoms with Gasteiger partial charge < -0.3 is 0 Å². The fourth-order valence-corrected chi connectivity index (χ4v) is 3.52. The van der Waals surface area contributed by atoms with Gasteiger partial charge in [0.15, 0.2) is 5.71 Å². The minimum absolute atomic E-state index is 0.168. The van der Waals surface area contributed by atoms with Crippen molar-refractivity contribution in [2.24, 2.45) is 10.8 Å². The Hall–Kier alpha value is -2.81. The molecule has 1 aliphatic heterocycles. The van der Waals surface area contributed by atoms with Crippen molar-refractivity contribution in [3.05, 3.63) is 72.4 Å². The average molecular weight is 383 g/mol. The van der Waals surface area contributed by atoms with E-state index in [1.165, 1.54) is 12.0 Å². The smallest absolute Gasteiger partial charge is 0.285 e. The highest BCUT2D eigenvalue weighted by Crippen LogP contribution is 2.28. The molecule has 0 saturated heterocycles. The topological polar surface area (TPSA) is 88.9 Å². The zero-order valence-electron chi connectivity index (χ0n) is 14.7. The van der Waals surface area contributed by atoms with Gasteiger partial charge >= 0.3 is 15.9 Å². The van der Waals surface area contributed by atoms with Crippen LogP contribution in [-0.2, 0) is 14.4 Å². The lowest BCUT2D eigenvalue weighted by atomic mass is 10.1. The Morgan fingerprint density at radius 1 is 1.11 bits per heavy atom. The second-order valence-corrected chi connectivity index (χ2v) is 7.96. The van der Waals surface area contributed by atoms with Crippen molar-refractivity contribution in [1.82, 2.24) is 0 Å². The maximum absolute atomic E-state index is 12.2. The van der Waals surface area contributed by atoms with E-state index in [2.05, 4.69) is 5.10 Å². The second kappa shape index (κ2) is 6.73. The van der Waals surface area contributed by atoms with Crippen LogP contribution in [0.5, 0.6) is 0 Å². The molecule has 4 rings (SSSR count). The molecule has 3 aromatic rings. The highest BCUT2D eigenvalue weighted by atomic mass is 32.2. The Labute approximate surface area is 157 Å². The summed E-state index contributed by atoms with van der Waals surface area (Å²) in [6.07, 6.45) is 0.876. The first-order valence-corrected chi connectivity index (χ1v) is 10.1. The molecule has 27 heavy (non-hydrogen) atoms. The van der Waals surface area contributed by atoms with Crippen LogP contribution >= 0.6 is 0 Å². The van der Waals surface area contributed by atoms with Crippen LogP contribution in [0.25, 0.3) is 10.8 Å². The predicted molar refractivity (Wildman–Crippen MR) is 104 cm³/mol. The maximum Gasteiger partial charge on any atom is 0.343 e. The molecular formula is C19H19N4O3S+. The third kappa shape index (κ3) is 3.18. The van der Waals surface area contributed by atoms with Crippen LogP contribution in [0, 0.1) is 0 Å². The van der Waals surface area contributed by atoms with E-state index < -0.39 is 16.3 Å². The summed E-state index contributed by atoms with van der Waals surface area (Å²) in [6, 6.07) is 18.9. The van der Waals surface area contributed by atoms with E-state index in [0.717, 1.165) is 16.3 Å². The molecule has 0 saturated carbocycles. The van der Waals surface area contributed by atoms with Gasteiger partial charge in [0, 0.05) is 5.56 Å². The standard InChI is InChI=1S/C19H19N4O3S/c1-2-27(24,25)26-23-18(20)17(15-9-4-3-5-10-15)21-22-13-12-14-8-6-7-11-16(14)19(22)23/h3-13,18H,2,20H2,1H3/q+1. The number of aromatic nitrogens is 1. The molecule has 1 unspecified atom stereocenters. The van der Waals surface area contributed by atoms with Gasteiger partial charge in [0.1, 0.15) is 6.20 Å². The number of benzene rings is 2. The molecule has 0 spiro atoms. The van der Waals surface area contributed by atoms with Crippen molar-refractivity contribution in [3.63, 3.8) is 0 Å². The quantitative estimate of drug-likeness (QED) is 0.694. The summed E-state index contributed by atoms with van der Waals surface area (Å²) >= 11 is 0. The zero-order valence-corrected chi connectivity index (χ0v) is 15.5. The molecule has 1 atom stereocenters. The van der Waals surface area contributed by atoms with E-state index in [1.807, 2.05) is 60.7 Å². The Morgan fingerprint density at radius 2 is 1.81 bits per heavy atom. The molecule has 7 nitrogen and oxygen atoms in total. The van der Waals surface area contributed by atoms with Crippen LogP contribution in [0.4, 0.5) is 5.82 Å². The normalized spacial score (nSPS) is 16.9. The van der Waals surface area contributed by atoms with Crippen LogP contribution in [0.1, 0.15) is 12.5 Å². The molecule has 2 N–H and O–H groups in total. The second-order valence-electron chi connectivity index (χ2n) is 6.11. The fourth-order valence-electron chi connectivity index (χ4n) is 3.00. The molecule has 0 bridgehead atoms.